The molecule has 0 aromatic rings. The summed E-state index contributed by atoms with van der Waals surface area (Å²) in [6, 6.07) is 0. The fourth-order valence-corrected chi connectivity index (χ4v) is 5.64. The lowest BCUT2D eigenvalue weighted by Gasteiger charge is -2.42. The highest BCUT2D eigenvalue weighted by atomic mass is 16.6. The van der Waals surface area contributed by atoms with E-state index in [1.807, 2.05) is 0 Å². The van der Waals surface area contributed by atoms with Crippen molar-refractivity contribution < 1.29 is 33.3 Å². The second kappa shape index (κ2) is 13.8. The standard InChI is InChI=1S/C28H47N3O7/c1-6-22(32)29-16-17-30-23(33)10-8-7-9-15-31-26(34)37-20-13-14-28(18-36-28)25(24(20)35-5)27(4)21(38-27)12-11-19(2)3/h11,20-21,24-25H,6-10,12-18H2,1-5H3,(H,29,32)(H,30,33)(H,31,34)/t20?,21-,24?,25?,27+,28+/m1/s1. The van der Waals surface area contributed by atoms with Crippen LogP contribution in [0.5, 0.6) is 0 Å². The topological polar surface area (TPSA) is 131 Å². The molecule has 3 fully saturated rings. The molecule has 3 rings (SSSR count). The van der Waals surface area contributed by atoms with Crippen LogP contribution in [0.15, 0.2) is 11.6 Å². The summed E-state index contributed by atoms with van der Waals surface area (Å²) in [4.78, 5) is 35.6. The molecule has 0 radical (unpaired) electrons. The molecule has 3 amide bonds. The summed E-state index contributed by atoms with van der Waals surface area (Å²) in [6.07, 6.45) is 6.71. The maximum absolute atomic E-state index is 12.6. The van der Waals surface area contributed by atoms with E-state index < -0.39 is 6.09 Å². The van der Waals surface area contributed by atoms with Crippen molar-refractivity contribution >= 4 is 17.9 Å². The summed E-state index contributed by atoms with van der Waals surface area (Å²) in [5.41, 5.74) is 0.654. The zero-order chi connectivity index (χ0) is 27.8. The van der Waals surface area contributed by atoms with E-state index in [-0.39, 0.29) is 47.2 Å². The van der Waals surface area contributed by atoms with Gasteiger partial charge in [-0.1, -0.05) is 25.0 Å². The van der Waals surface area contributed by atoms with Crippen LogP contribution in [0, 0.1) is 5.92 Å². The number of amides is 3. The highest BCUT2D eigenvalue weighted by Crippen LogP contribution is 2.59. The minimum absolute atomic E-state index is 0.00354. The molecule has 0 aromatic carbocycles. The molecular weight excluding hydrogens is 490 g/mol. The number of epoxide rings is 2. The Labute approximate surface area is 226 Å². The van der Waals surface area contributed by atoms with Gasteiger partial charge in [-0.15, -0.1) is 0 Å². The molecule has 10 heteroatoms. The summed E-state index contributed by atoms with van der Waals surface area (Å²) in [7, 11) is 1.67. The van der Waals surface area contributed by atoms with Gasteiger partial charge in [0.1, 0.15) is 23.4 Å². The molecule has 0 aromatic heterocycles. The largest absolute Gasteiger partial charge is 0.443 e. The minimum atomic E-state index is -0.446. The Morgan fingerprint density at radius 2 is 1.74 bits per heavy atom. The molecule has 1 aliphatic carbocycles. The van der Waals surface area contributed by atoms with E-state index in [0.717, 1.165) is 32.1 Å². The zero-order valence-corrected chi connectivity index (χ0v) is 23.7. The first-order valence-electron chi connectivity index (χ1n) is 14.1. The third kappa shape index (κ3) is 8.16. The number of carbonyl (C=O) groups excluding carboxylic acids is 3. The van der Waals surface area contributed by atoms with E-state index in [1.165, 1.54) is 5.57 Å². The van der Waals surface area contributed by atoms with Crippen molar-refractivity contribution in [1.82, 2.24) is 16.0 Å². The van der Waals surface area contributed by atoms with E-state index in [0.29, 0.717) is 45.5 Å². The van der Waals surface area contributed by atoms with Gasteiger partial charge in [0.25, 0.3) is 0 Å². The van der Waals surface area contributed by atoms with Crippen LogP contribution >= 0.6 is 0 Å². The van der Waals surface area contributed by atoms with Crippen LogP contribution in [0.1, 0.15) is 79.1 Å². The van der Waals surface area contributed by atoms with Gasteiger partial charge in [0.05, 0.1) is 18.6 Å². The molecule has 2 saturated heterocycles. The van der Waals surface area contributed by atoms with Gasteiger partial charge in [-0.2, -0.15) is 0 Å². The zero-order valence-electron chi connectivity index (χ0n) is 23.7. The molecule has 0 bridgehead atoms. The fourth-order valence-electron chi connectivity index (χ4n) is 5.64. The monoisotopic (exact) mass is 537 g/mol. The van der Waals surface area contributed by atoms with Gasteiger partial charge in [-0.05, 0) is 52.9 Å². The van der Waals surface area contributed by atoms with Gasteiger partial charge in [0.2, 0.25) is 11.8 Å². The third-order valence-electron chi connectivity index (χ3n) is 7.94. The van der Waals surface area contributed by atoms with Gasteiger partial charge in [-0.3, -0.25) is 9.59 Å². The van der Waals surface area contributed by atoms with Crippen LogP contribution in [-0.4, -0.2) is 80.8 Å². The van der Waals surface area contributed by atoms with E-state index in [4.69, 9.17) is 18.9 Å². The molecule has 1 saturated carbocycles. The Balaban J connectivity index is 1.35. The number of rotatable bonds is 15. The predicted octanol–water partition coefficient (Wildman–Crippen LogP) is 2.99. The Morgan fingerprint density at radius 1 is 1.03 bits per heavy atom. The van der Waals surface area contributed by atoms with E-state index in [9.17, 15) is 14.4 Å². The Kier molecular flexibility index (Phi) is 11.0. The van der Waals surface area contributed by atoms with Crippen molar-refractivity contribution in [2.24, 2.45) is 5.92 Å². The number of hydrogen-bond acceptors (Lipinski definition) is 7. The molecule has 2 aliphatic heterocycles. The van der Waals surface area contributed by atoms with E-state index in [1.54, 1.807) is 14.0 Å². The molecule has 3 N–H and O–H groups in total. The average molecular weight is 538 g/mol. The molecule has 3 unspecified atom stereocenters. The number of methoxy groups -OCH3 is 1. The van der Waals surface area contributed by atoms with Gasteiger partial charge in [-0.25, -0.2) is 4.79 Å². The highest BCUT2D eigenvalue weighted by molar-refractivity contribution is 5.76. The van der Waals surface area contributed by atoms with E-state index in [2.05, 4.69) is 42.8 Å². The van der Waals surface area contributed by atoms with Crippen molar-refractivity contribution in [3.63, 3.8) is 0 Å². The van der Waals surface area contributed by atoms with Crippen molar-refractivity contribution in [1.29, 1.82) is 0 Å². The SMILES string of the molecule is CCC(=O)NCCNC(=O)CCCCCNC(=O)OC1CC[C@]2(CO2)C([C@@]2(C)O[C@@H]2CC=C(C)C)C1OC. The molecule has 38 heavy (non-hydrogen) atoms. The number of nitrogens with one attached hydrogen (secondary N) is 3. The second-order valence-electron chi connectivity index (χ2n) is 11.1. The van der Waals surface area contributed by atoms with Gasteiger partial charge in [0, 0.05) is 39.6 Å². The highest BCUT2D eigenvalue weighted by Gasteiger charge is 2.72. The number of hydrogen-bond donors (Lipinski definition) is 3. The van der Waals surface area contributed by atoms with Crippen molar-refractivity contribution in [2.75, 3.05) is 33.4 Å². The molecule has 216 valence electrons. The second-order valence-corrected chi connectivity index (χ2v) is 11.1. The lowest BCUT2D eigenvalue weighted by molar-refractivity contribution is -0.122. The first-order valence-corrected chi connectivity index (χ1v) is 14.1. The maximum Gasteiger partial charge on any atom is 0.407 e. The summed E-state index contributed by atoms with van der Waals surface area (Å²) in [6.45, 7) is 10.1. The Hall–Kier alpha value is -2.17. The number of unbranched alkanes of at least 4 members (excludes halogenated alkanes) is 2. The molecular formula is C28H47N3O7. The van der Waals surface area contributed by atoms with Crippen molar-refractivity contribution in [2.45, 2.75) is 109 Å². The first-order chi connectivity index (χ1) is 18.1. The van der Waals surface area contributed by atoms with Crippen molar-refractivity contribution in [3.8, 4) is 0 Å². The minimum Gasteiger partial charge on any atom is -0.443 e. The normalized spacial score (nSPS) is 31.3. The van der Waals surface area contributed by atoms with E-state index >= 15 is 0 Å². The fraction of sp³-hybridized carbons (Fsp3) is 0.821. The Bertz CT molecular complexity index is 855. The third-order valence-corrected chi connectivity index (χ3v) is 7.94. The van der Waals surface area contributed by atoms with Gasteiger partial charge in [0.15, 0.2) is 0 Å². The molecule has 2 heterocycles. The lowest BCUT2D eigenvalue weighted by Crippen LogP contribution is -2.56. The van der Waals surface area contributed by atoms with Gasteiger partial charge >= 0.3 is 6.09 Å². The number of alkyl carbamates (subject to hydrolysis) is 1. The predicted molar refractivity (Wildman–Crippen MR) is 143 cm³/mol. The summed E-state index contributed by atoms with van der Waals surface area (Å²) < 4.78 is 23.9. The van der Waals surface area contributed by atoms with Crippen LogP contribution in [-0.2, 0) is 28.5 Å². The number of ether oxygens (including phenoxy) is 4. The molecule has 3 aliphatic rings. The van der Waals surface area contributed by atoms with Crippen molar-refractivity contribution in [3.05, 3.63) is 11.6 Å². The Morgan fingerprint density at radius 3 is 2.37 bits per heavy atom. The lowest BCUT2D eigenvalue weighted by atomic mass is 9.68. The quantitative estimate of drug-likeness (QED) is 0.166. The van der Waals surface area contributed by atoms with Crippen LogP contribution in [0.4, 0.5) is 4.79 Å². The van der Waals surface area contributed by atoms with Gasteiger partial charge < -0.3 is 34.9 Å². The smallest absolute Gasteiger partial charge is 0.407 e. The van der Waals surface area contributed by atoms with Crippen LogP contribution < -0.4 is 16.0 Å². The summed E-state index contributed by atoms with van der Waals surface area (Å²) in [5, 5.41) is 8.35. The first kappa shape index (κ1) is 30.4. The summed E-state index contributed by atoms with van der Waals surface area (Å²) >= 11 is 0. The summed E-state index contributed by atoms with van der Waals surface area (Å²) in [5.74, 6) is -0.0623. The average Bonchev–Trinajstić information content (AvgIpc) is 3.80. The molecule has 6 atom stereocenters. The van der Waals surface area contributed by atoms with Crippen LogP contribution in [0.3, 0.4) is 0 Å². The number of carbonyl (C=O) groups is 3. The maximum atomic E-state index is 12.6. The molecule has 1 spiro atoms. The number of allylic oxidation sites excluding steroid dienone is 1. The van der Waals surface area contributed by atoms with Crippen LogP contribution in [0.2, 0.25) is 0 Å². The van der Waals surface area contributed by atoms with Crippen LogP contribution in [0.25, 0.3) is 0 Å². The molecule has 10 nitrogen and oxygen atoms in total.